The first-order valence-corrected chi connectivity index (χ1v) is 15.4. The number of alkyl halides is 3. The molecule has 4 fully saturated rings. The van der Waals surface area contributed by atoms with E-state index in [1.54, 1.807) is 17.9 Å². The van der Waals surface area contributed by atoms with E-state index in [2.05, 4.69) is 34.6 Å². The molecule has 41 heavy (non-hydrogen) atoms. The Hall–Kier alpha value is -1.92. The fraction of sp³-hybridized carbons (Fsp3) is 0.767. The molecule has 0 radical (unpaired) electrons. The van der Waals surface area contributed by atoms with Crippen LogP contribution in [0.5, 0.6) is 0 Å². The average Bonchev–Trinajstić information content (AvgIpc) is 3.47. The first-order valence-electron chi connectivity index (χ1n) is 15.4. The van der Waals surface area contributed by atoms with Crippen molar-refractivity contribution in [2.24, 2.45) is 17.8 Å². The van der Waals surface area contributed by atoms with E-state index in [9.17, 15) is 18.0 Å². The Kier molecular flexibility index (Phi) is 8.04. The molecule has 8 nitrogen and oxygen atoms in total. The van der Waals surface area contributed by atoms with Crippen molar-refractivity contribution in [1.82, 2.24) is 29.6 Å². The van der Waals surface area contributed by atoms with Gasteiger partial charge in [-0.15, -0.1) is 0 Å². The Morgan fingerprint density at radius 3 is 2.63 bits per heavy atom. The molecule has 2 aliphatic carbocycles. The van der Waals surface area contributed by atoms with Gasteiger partial charge in [0, 0.05) is 38.6 Å². The van der Waals surface area contributed by atoms with Crippen molar-refractivity contribution in [2.45, 2.75) is 95.2 Å². The van der Waals surface area contributed by atoms with Gasteiger partial charge < -0.3 is 4.74 Å². The lowest BCUT2D eigenvalue weighted by atomic mass is 9.73. The van der Waals surface area contributed by atoms with Gasteiger partial charge in [0.1, 0.15) is 0 Å². The highest BCUT2D eigenvalue weighted by molar-refractivity contribution is 5.56. The van der Waals surface area contributed by atoms with Crippen LogP contribution >= 0.6 is 0 Å². The molecule has 5 atom stereocenters. The van der Waals surface area contributed by atoms with E-state index in [0.717, 1.165) is 77.5 Å². The number of hydrogen-bond donors (Lipinski definition) is 2. The van der Waals surface area contributed by atoms with Crippen LogP contribution in [-0.2, 0) is 17.5 Å². The van der Waals surface area contributed by atoms with E-state index >= 15 is 0 Å². The van der Waals surface area contributed by atoms with Crippen LogP contribution in [0.1, 0.15) is 81.9 Å². The molecule has 0 spiro atoms. The quantitative estimate of drug-likeness (QED) is 0.478. The van der Waals surface area contributed by atoms with Crippen molar-refractivity contribution >= 4 is 5.52 Å². The Morgan fingerprint density at radius 2 is 1.98 bits per heavy atom. The zero-order valence-corrected chi connectivity index (χ0v) is 24.6. The summed E-state index contributed by atoms with van der Waals surface area (Å²) < 4.78 is 51.8. The molecule has 228 valence electrons. The normalized spacial score (nSPS) is 30.2. The van der Waals surface area contributed by atoms with E-state index in [-0.39, 0.29) is 29.0 Å². The van der Waals surface area contributed by atoms with Crippen LogP contribution in [0.3, 0.4) is 0 Å². The molecule has 2 aliphatic heterocycles. The number of piperidine rings is 1. The highest BCUT2D eigenvalue weighted by Crippen LogP contribution is 2.49. The van der Waals surface area contributed by atoms with Gasteiger partial charge in [0.25, 0.3) is 0 Å². The number of imidazole rings is 1. The number of halogens is 3. The summed E-state index contributed by atoms with van der Waals surface area (Å²) in [7, 11) is 3.89. The topological polar surface area (TPSA) is 66.2 Å². The summed E-state index contributed by atoms with van der Waals surface area (Å²) in [6, 6.07) is 1.13. The molecular weight excluding hydrogens is 533 g/mol. The van der Waals surface area contributed by atoms with Crippen molar-refractivity contribution in [3.8, 4) is 0 Å². The van der Waals surface area contributed by atoms with Gasteiger partial charge in [0.15, 0.2) is 0 Å². The fourth-order valence-corrected chi connectivity index (χ4v) is 7.88. The van der Waals surface area contributed by atoms with Gasteiger partial charge in [-0.3, -0.25) is 18.8 Å². The smallest absolute Gasteiger partial charge is 0.378 e. The molecule has 11 heteroatoms. The number of nitrogens with one attached hydrogen (secondary N) is 2. The van der Waals surface area contributed by atoms with E-state index in [1.807, 2.05) is 0 Å². The minimum atomic E-state index is -4.54. The number of methoxy groups -OCH3 is 1. The summed E-state index contributed by atoms with van der Waals surface area (Å²) in [6.45, 7) is 5.09. The highest BCUT2D eigenvalue weighted by atomic mass is 19.4. The largest absolute Gasteiger partial charge is 0.418 e. The monoisotopic (exact) mass is 578 g/mol. The van der Waals surface area contributed by atoms with Crippen LogP contribution < -0.4 is 16.5 Å². The van der Waals surface area contributed by atoms with Gasteiger partial charge in [-0.05, 0) is 94.3 Å². The van der Waals surface area contributed by atoms with Gasteiger partial charge in [-0.1, -0.05) is 13.3 Å². The lowest BCUT2D eigenvalue weighted by Crippen LogP contribution is -2.47. The van der Waals surface area contributed by atoms with Crippen LogP contribution in [0.4, 0.5) is 13.2 Å². The lowest BCUT2D eigenvalue weighted by Gasteiger charge is -2.40. The number of hydrogen-bond acceptors (Lipinski definition) is 6. The third-order valence-electron chi connectivity index (χ3n) is 10.3. The number of pyridine rings is 1. The van der Waals surface area contributed by atoms with Gasteiger partial charge >= 0.3 is 11.9 Å². The van der Waals surface area contributed by atoms with Crippen molar-refractivity contribution in [3.05, 3.63) is 40.1 Å². The fourth-order valence-electron chi connectivity index (χ4n) is 7.88. The van der Waals surface area contributed by atoms with Crippen molar-refractivity contribution in [2.75, 3.05) is 33.9 Å². The predicted molar refractivity (Wildman–Crippen MR) is 151 cm³/mol. The standard InChI is InChI=1S/C30H45F3N6O2/c1-20-6-5-11-37(15-20)16-21-12-25(30(31,32)33)26-18-38(28(40)39(26)17-21)23-8-4-7-22(13-23)24(14-29(41-3)9-10-29)27-35-34-19-36(27)2/h12,17-18,20,22-24,27,34-35H,4-11,13-16,19H2,1-3H3/t20-,22?,23?,24+,27?/m0/s1. The van der Waals surface area contributed by atoms with Crippen molar-refractivity contribution in [3.63, 3.8) is 0 Å². The maximum absolute atomic E-state index is 14.3. The zero-order valence-electron chi connectivity index (χ0n) is 24.6. The van der Waals surface area contributed by atoms with Crippen LogP contribution in [0.15, 0.2) is 23.3 Å². The summed E-state index contributed by atoms with van der Waals surface area (Å²) >= 11 is 0. The lowest BCUT2D eigenvalue weighted by molar-refractivity contribution is -0.136. The molecular formula is C30H45F3N6O2. The molecule has 2 saturated heterocycles. The minimum Gasteiger partial charge on any atom is -0.378 e. The predicted octanol–water partition coefficient (Wildman–Crippen LogP) is 4.59. The average molecular weight is 579 g/mol. The van der Waals surface area contributed by atoms with Crippen molar-refractivity contribution < 1.29 is 17.9 Å². The number of ether oxygens (including phenoxy) is 1. The molecule has 4 heterocycles. The highest BCUT2D eigenvalue weighted by Gasteiger charge is 2.49. The zero-order chi connectivity index (χ0) is 28.9. The minimum absolute atomic E-state index is 0.0466. The molecule has 0 amide bonds. The second kappa shape index (κ2) is 11.3. The third kappa shape index (κ3) is 5.98. The number of rotatable bonds is 8. The molecule has 2 aromatic heterocycles. The van der Waals surface area contributed by atoms with Gasteiger partial charge in [0.05, 0.1) is 29.5 Å². The first-order chi connectivity index (χ1) is 19.6. The molecule has 0 aromatic carbocycles. The van der Waals surface area contributed by atoms with E-state index in [4.69, 9.17) is 4.74 Å². The first kappa shape index (κ1) is 29.2. The van der Waals surface area contributed by atoms with E-state index in [0.29, 0.717) is 29.9 Å². The number of hydrazine groups is 1. The maximum Gasteiger partial charge on any atom is 0.418 e. The van der Waals surface area contributed by atoms with Gasteiger partial charge in [0.2, 0.25) is 0 Å². The number of fused-ring (bicyclic) bond motifs is 1. The third-order valence-corrected chi connectivity index (χ3v) is 10.3. The van der Waals surface area contributed by atoms with Crippen LogP contribution in [0.25, 0.3) is 5.52 Å². The van der Waals surface area contributed by atoms with Crippen molar-refractivity contribution in [1.29, 1.82) is 0 Å². The molecule has 4 aliphatic rings. The molecule has 2 saturated carbocycles. The SMILES string of the molecule is COC1(C[C@H](C2CCCC(n3cc4c(C(F)(F)F)cc(CN5CCC[C@H](C)C5)cn4c3=O)C2)C2NNCN2C)CC1. The van der Waals surface area contributed by atoms with Crippen LogP contribution in [-0.4, -0.2) is 64.5 Å². The number of nitrogens with zero attached hydrogens (tertiary/aromatic N) is 4. The van der Waals surface area contributed by atoms with Gasteiger partial charge in [-0.25, -0.2) is 15.6 Å². The Morgan fingerprint density at radius 1 is 1.17 bits per heavy atom. The Balaban J connectivity index is 1.30. The second-order valence-electron chi connectivity index (χ2n) is 13.3. The Bertz CT molecular complexity index is 1290. The van der Waals surface area contributed by atoms with Gasteiger partial charge in [-0.2, -0.15) is 13.2 Å². The van der Waals surface area contributed by atoms with Crippen LogP contribution in [0.2, 0.25) is 0 Å². The molecule has 3 unspecified atom stereocenters. The summed E-state index contributed by atoms with van der Waals surface area (Å²) in [5, 5.41) is 0. The maximum atomic E-state index is 14.3. The summed E-state index contributed by atoms with van der Waals surface area (Å²) in [6.07, 6.45) is 7.51. The van der Waals surface area contributed by atoms with Crippen LogP contribution in [0, 0.1) is 17.8 Å². The molecule has 6 rings (SSSR count). The van der Waals surface area contributed by atoms with E-state index in [1.165, 1.54) is 16.7 Å². The van der Waals surface area contributed by atoms with E-state index < -0.39 is 11.7 Å². The number of likely N-dealkylation sites (tertiary alicyclic amines) is 1. The Labute approximate surface area is 240 Å². The number of aromatic nitrogens is 2. The molecule has 0 bridgehead atoms. The summed E-state index contributed by atoms with van der Waals surface area (Å²) in [5.74, 6) is 1.15. The molecule has 2 N–H and O–H groups in total. The summed E-state index contributed by atoms with van der Waals surface area (Å²) in [5.41, 5.74) is 6.04. The molecule has 2 aromatic rings. The summed E-state index contributed by atoms with van der Waals surface area (Å²) in [4.78, 5) is 18.3. The second-order valence-corrected chi connectivity index (χ2v) is 13.3.